The molecule has 1 aromatic heterocycles. The van der Waals surface area contributed by atoms with E-state index in [9.17, 15) is 4.79 Å². The molecule has 0 saturated heterocycles. The van der Waals surface area contributed by atoms with Crippen LogP contribution in [-0.4, -0.2) is 32.6 Å². The van der Waals surface area contributed by atoms with Gasteiger partial charge in [0.15, 0.2) is 5.69 Å². The van der Waals surface area contributed by atoms with Gasteiger partial charge in [0.1, 0.15) is 0 Å². The predicted molar refractivity (Wildman–Crippen MR) is 71.9 cm³/mol. The van der Waals surface area contributed by atoms with E-state index in [-0.39, 0.29) is 5.69 Å². The maximum absolute atomic E-state index is 10.6. The quantitative estimate of drug-likeness (QED) is 0.886. The van der Waals surface area contributed by atoms with E-state index in [0.29, 0.717) is 23.1 Å². The van der Waals surface area contributed by atoms with E-state index in [1.54, 1.807) is 18.2 Å². The first-order valence-electron chi connectivity index (χ1n) is 5.38. The van der Waals surface area contributed by atoms with Gasteiger partial charge in [-0.3, -0.25) is 0 Å². The first-order valence-corrected chi connectivity index (χ1v) is 6.13. The second-order valence-corrected chi connectivity index (χ2v) is 4.63. The normalized spacial score (nSPS) is 10.4. The van der Waals surface area contributed by atoms with Gasteiger partial charge in [-0.2, -0.15) is 0 Å². The second-order valence-electron chi connectivity index (χ2n) is 3.76. The number of rotatable bonds is 5. The summed E-state index contributed by atoms with van der Waals surface area (Å²) >= 11 is 11.7. The Hall–Kier alpha value is -1.79. The van der Waals surface area contributed by atoms with Crippen LogP contribution < -0.4 is 5.32 Å². The van der Waals surface area contributed by atoms with Crippen molar-refractivity contribution in [2.75, 3.05) is 11.9 Å². The molecular weight excluding hydrogens is 291 g/mol. The molecule has 0 unspecified atom stereocenters. The van der Waals surface area contributed by atoms with Crippen LogP contribution in [0.1, 0.15) is 10.5 Å². The number of nitrogens with one attached hydrogen (secondary N) is 1. The number of halogens is 2. The van der Waals surface area contributed by atoms with Gasteiger partial charge in [0.2, 0.25) is 0 Å². The van der Waals surface area contributed by atoms with Crippen molar-refractivity contribution in [1.82, 2.24) is 15.0 Å². The average molecular weight is 301 g/mol. The third kappa shape index (κ3) is 3.84. The molecule has 0 amide bonds. The smallest absolute Gasteiger partial charge is 0.358 e. The number of carboxylic acid groups (broad SMARTS) is 1. The number of anilines is 1. The van der Waals surface area contributed by atoms with Crippen LogP contribution in [0, 0.1) is 0 Å². The lowest BCUT2D eigenvalue weighted by Crippen LogP contribution is -2.11. The van der Waals surface area contributed by atoms with E-state index in [2.05, 4.69) is 15.6 Å². The fourth-order valence-corrected chi connectivity index (χ4v) is 2.00. The van der Waals surface area contributed by atoms with Crippen LogP contribution in [0.4, 0.5) is 5.69 Å². The average Bonchev–Trinajstić information content (AvgIpc) is 2.76. The Bertz CT molecular complexity index is 580. The first kappa shape index (κ1) is 13.6. The van der Waals surface area contributed by atoms with Crippen LogP contribution in [0.25, 0.3) is 0 Å². The highest BCUT2D eigenvalue weighted by Crippen LogP contribution is 2.22. The number of hydrogen-bond donors (Lipinski definition) is 2. The fraction of sp³-hybridized carbons (Fsp3) is 0.182. The molecule has 0 radical (unpaired) electrons. The molecule has 19 heavy (non-hydrogen) atoms. The monoisotopic (exact) mass is 300 g/mol. The number of nitrogens with zero attached hydrogens (tertiary/aromatic N) is 3. The molecule has 6 nitrogen and oxygen atoms in total. The second kappa shape index (κ2) is 5.90. The number of aromatic nitrogens is 3. The van der Waals surface area contributed by atoms with Crippen LogP contribution in [0.15, 0.2) is 24.4 Å². The molecule has 2 N–H and O–H groups in total. The Kier molecular flexibility index (Phi) is 4.24. The van der Waals surface area contributed by atoms with E-state index in [0.717, 1.165) is 5.69 Å². The van der Waals surface area contributed by atoms with Crippen LogP contribution in [0.2, 0.25) is 10.0 Å². The summed E-state index contributed by atoms with van der Waals surface area (Å²) in [5.74, 6) is -1.10. The zero-order valence-corrected chi connectivity index (χ0v) is 11.2. The van der Waals surface area contributed by atoms with Crippen molar-refractivity contribution in [2.45, 2.75) is 6.54 Å². The van der Waals surface area contributed by atoms with Gasteiger partial charge in [-0.1, -0.05) is 28.4 Å². The highest BCUT2D eigenvalue weighted by atomic mass is 35.5. The Morgan fingerprint density at radius 2 is 2.00 bits per heavy atom. The molecule has 100 valence electrons. The lowest BCUT2D eigenvalue weighted by atomic mass is 10.3. The van der Waals surface area contributed by atoms with E-state index >= 15 is 0 Å². The third-order valence-corrected chi connectivity index (χ3v) is 2.73. The van der Waals surface area contributed by atoms with Crippen molar-refractivity contribution in [3.63, 3.8) is 0 Å². The van der Waals surface area contributed by atoms with Crippen molar-refractivity contribution < 1.29 is 9.90 Å². The summed E-state index contributed by atoms with van der Waals surface area (Å²) < 4.78 is 1.45. The van der Waals surface area contributed by atoms with E-state index in [1.807, 2.05) is 0 Å². The molecule has 2 rings (SSSR count). The molecule has 0 aliphatic carbocycles. The Balaban J connectivity index is 1.90. The summed E-state index contributed by atoms with van der Waals surface area (Å²) in [6.45, 7) is 1.02. The maximum atomic E-state index is 10.6. The van der Waals surface area contributed by atoms with E-state index in [4.69, 9.17) is 28.3 Å². The summed E-state index contributed by atoms with van der Waals surface area (Å²) in [5.41, 5.74) is 0.710. The Morgan fingerprint density at radius 1 is 1.32 bits per heavy atom. The minimum atomic E-state index is -1.10. The predicted octanol–water partition coefficient (Wildman–Crippen LogP) is 2.40. The fourth-order valence-electron chi connectivity index (χ4n) is 1.48. The number of benzene rings is 1. The molecule has 0 aliphatic heterocycles. The summed E-state index contributed by atoms with van der Waals surface area (Å²) in [5, 5.41) is 20.1. The summed E-state index contributed by atoms with van der Waals surface area (Å²) in [6.07, 6.45) is 1.37. The number of carbonyl (C=O) groups is 1. The van der Waals surface area contributed by atoms with Crippen LogP contribution in [0.3, 0.4) is 0 Å². The van der Waals surface area contributed by atoms with Crippen LogP contribution in [0.5, 0.6) is 0 Å². The standard InChI is InChI=1S/C11H10Cl2N4O2/c12-7-3-8(13)5-9(4-7)14-1-2-17-6-10(11(18)19)15-16-17/h3-6,14H,1-2H2,(H,18,19). The van der Waals surface area contributed by atoms with Crippen molar-refractivity contribution >= 4 is 34.9 Å². The van der Waals surface area contributed by atoms with Gasteiger partial charge in [-0.05, 0) is 18.2 Å². The van der Waals surface area contributed by atoms with Gasteiger partial charge in [0, 0.05) is 22.3 Å². The SMILES string of the molecule is O=C(O)c1cn(CCNc2cc(Cl)cc(Cl)c2)nn1. The molecule has 0 aliphatic rings. The highest BCUT2D eigenvalue weighted by molar-refractivity contribution is 6.35. The topological polar surface area (TPSA) is 80.0 Å². The molecule has 1 heterocycles. The van der Waals surface area contributed by atoms with Gasteiger partial charge in [-0.15, -0.1) is 5.10 Å². The molecule has 0 fully saturated rings. The first-order chi connectivity index (χ1) is 9.04. The Labute approximate surface area is 118 Å². The molecule has 0 spiro atoms. The van der Waals surface area contributed by atoms with Crippen molar-refractivity contribution in [1.29, 1.82) is 0 Å². The molecule has 1 aromatic carbocycles. The third-order valence-electron chi connectivity index (χ3n) is 2.29. The largest absolute Gasteiger partial charge is 0.476 e. The lowest BCUT2D eigenvalue weighted by Gasteiger charge is -2.07. The minimum Gasteiger partial charge on any atom is -0.476 e. The number of hydrogen-bond acceptors (Lipinski definition) is 4. The summed E-state index contributed by atoms with van der Waals surface area (Å²) in [7, 11) is 0. The highest BCUT2D eigenvalue weighted by Gasteiger charge is 2.07. The number of aromatic carboxylic acids is 1. The van der Waals surface area contributed by atoms with Gasteiger partial charge >= 0.3 is 5.97 Å². The molecule has 0 saturated carbocycles. The molecule has 8 heteroatoms. The van der Waals surface area contributed by atoms with Gasteiger partial charge in [0.25, 0.3) is 0 Å². The van der Waals surface area contributed by atoms with Crippen LogP contribution in [-0.2, 0) is 6.54 Å². The summed E-state index contributed by atoms with van der Waals surface area (Å²) in [4.78, 5) is 10.6. The van der Waals surface area contributed by atoms with Crippen LogP contribution >= 0.6 is 23.2 Å². The zero-order valence-electron chi connectivity index (χ0n) is 9.68. The van der Waals surface area contributed by atoms with Gasteiger partial charge < -0.3 is 10.4 Å². The molecule has 2 aromatic rings. The summed E-state index contributed by atoms with van der Waals surface area (Å²) in [6, 6.07) is 5.14. The minimum absolute atomic E-state index is 0.0780. The van der Waals surface area contributed by atoms with Gasteiger partial charge in [0.05, 0.1) is 12.7 Å². The number of carboxylic acids is 1. The van der Waals surface area contributed by atoms with Crippen molar-refractivity contribution in [3.05, 3.63) is 40.1 Å². The lowest BCUT2D eigenvalue weighted by molar-refractivity contribution is 0.0690. The molecule has 0 bridgehead atoms. The zero-order chi connectivity index (χ0) is 13.8. The molecular formula is C11H10Cl2N4O2. The van der Waals surface area contributed by atoms with Gasteiger partial charge in [-0.25, -0.2) is 9.48 Å². The van der Waals surface area contributed by atoms with Crippen molar-refractivity contribution in [3.8, 4) is 0 Å². The van der Waals surface area contributed by atoms with E-state index < -0.39 is 5.97 Å². The molecule has 0 atom stereocenters. The van der Waals surface area contributed by atoms with Crippen molar-refractivity contribution in [2.24, 2.45) is 0 Å². The Morgan fingerprint density at radius 3 is 2.58 bits per heavy atom. The van der Waals surface area contributed by atoms with E-state index in [1.165, 1.54) is 10.9 Å². The maximum Gasteiger partial charge on any atom is 0.358 e.